The second kappa shape index (κ2) is 7.07. The molecule has 3 aromatic rings. The van der Waals surface area contributed by atoms with E-state index < -0.39 is 6.36 Å². The zero-order chi connectivity index (χ0) is 18.7. The number of rotatable bonds is 5. The fourth-order valence-electron chi connectivity index (χ4n) is 2.53. The molecule has 0 saturated carbocycles. The Labute approximate surface area is 148 Å². The first-order valence-corrected chi connectivity index (χ1v) is 7.92. The molecule has 0 bridgehead atoms. The van der Waals surface area contributed by atoms with Crippen molar-refractivity contribution in [2.75, 3.05) is 5.73 Å². The van der Waals surface area contributed by atoms with Crippen LogP contribution in [0.4, 0.5) is 18.9 Å². The number of anilines is 1. The molecule has 1 atom stereocenters. The van der Waals surface area contributed by atoms with Crippen LogP contribution in [0.1, 0.15) is 24.2 Å². The molecule has 0 aliphatic rings. The summed E-state index contributed by atoms with van der Waals surface area (Å²) in [5.41, 5.74) is 8.11. The normalized spacial score (nSPS) is 12.8. The molecule has 1 unspecified atom stereocenters. The Morgan fingerprint density at radius 1 is 1.08 bits per heavy atom. The molecule has 136 valence electrons. The molecule has 0 radical (unpaired) electrons. The average molecular weight is 362 g/mol. The van der Waals surface area contributed by atoms with Crippen LogP contribution < -0.4 is 10.5 Å². The maximum Gasteiger partial charge on any atom is 0.573 e. The molecule has 0 fully saturated rings. The zero-order valence-corrected chi connectivity index (χ0v) is 13.9. The van der Waals surface area contributed by atoms with Gasteiger partial charge in [-0.05, 0) is 48.4 Å². The molecule has 0 aliphatic heterocycles. The lowest BCUT2D eigenvalue weighted by Gasteiger charge is -2.09. The lowest BCUT2D eigenvalue weighted by Crippen LogP contribution is -2.17. The van der Waals surface area contributed by atoms with Crippen LogP contribution in [0.2, 0.25) is 0 Å². The topological polar surface area (TPSA) is 66.0 Å². The summed E-state index contributed by atoms with van der Waals surface area (Å²) in [5, 5.41) is 4.42. The predicted octanol–water partition coefficient (Wildman–Crippen LogP) is 4.09. The Hall–Kier alpha value is -3.03. The molecule has 26 heavy (non-hydrogen) atoms. The number of nitrogens with two attached hydrogens (primary N) is 1. The van der Waals surface area contributed by atoms with Gasteiger partial charge in [0.2, 0.25) is 0 Å². The van der Waals surface area contributed by atoms with Gasteiger partial charge in [-0.2, -0.15) is 5.10 Å². The van der Waals surface area contributed by atoms with E-state index in [-0.39, 0.29) is 11.7 Å². The van der Waals surface area contributed by atoms with Crippen LogP contribution in [0.25, 0.3) is 5.69 Å². The summed E-state index contributed by atoms with van der Waals surface area (Å²) in [6.07, 6.45) is -2.42. The first-order valence-electron chi connectivity index (χ1n) is 7.92. The van der Waals surface area contributed by atoms with E-state index in [2.05, 4.69) is 14.8 Å². The molecule has 2 N–H and O–H groups in total. The highest BCUT2D eigenvalue weighted by molar-refractivity contribution is 5.39. The molecule has 8 heteroatoms. The molecule has 0 spiro atoms. The Morgan fingerprint density at radius 2 is 1.73 bits per heavy atom. The van der Waals surface area contributed by atoms with E-state index in [1.807, 2.05) is 31.2 Å². The van der Waals surface area contributed by atoms with Crippen molar-refractivity contribution in [3.8, 4) is 11.4 Å². The predicted molar refractivity (Wildman–Crippen MR) is 91.0 cm³/mol. The van der Waals surface area contributed by atoms with E-state index in [1.165, 1.54) is 35.3 Å². The summed E-state index contributed by atoms with van der Waals surface area (Å²) in [7, 11) is 0. The van der Waals surface area contributed by atoms with E-state index in [0.29, 0.717) is 17.2 Å². The van der Waals surface area contributed by atoms with Crippen molar-refractivity contribution in [1.82, 2.24) is 14.8 Å². The summed E-state index contributed by atoms with van der Waals surface area (Å²) in [6, 6.07) is 13.1. The third-order valence-corrected chi connectivity index (χ3v) is 3.81. The Bertz CT molecular complexity index is 857. The summed E-state index contributed by atoms with van der Waals surface area (Å²) in [6.45, 7) is 2.01. The van der Waals surface area contributed by atoms with E-state index in [9.17, 15) is 13.2 Å². The largest absolute Gasteiger partial charge is 0.573 e. The fourth-order valence-corrected chi connectivity index (χ4v) is 2.53. The van der Waals surface area contributed by atoms with Gasteiger partial charge in [0.25, 0.3) is 0 Å². The third kappa shape index (κ3) is 4.53. The number of ether oxygens (including phenoxy) is 1. The molecule has 1 heterocycles. The highest BCUT2D eigenvalue weighted by Gasteiger charge is 2.31. The minimum atomic E-state index is -4.71. The number of halogens is 3. The molecular formula is C18H17F3N4O. The third-order valence-electron chi connectivity index (χ3n) is 3.81. The van der Waals surface area contributed by atoms with Gasteiger partial charge in [0.05, 0.1) is 5.69 Å². The first kappa shape index (κ1) is 17.8. The second-order valence-electron chi connectivity index (χ2n) is 5.94. The number of hydrogen-bond acceptors (Lipinski definition) is 4. The Morgan fingerprint density at radius 3 is 2.35 bits per heavy atom. The lowest BCUT2D eigenvalue weighted by molar-refractivity contribution is -0.274. The minimum Gasteiger partial charge on any atom is -0.406 e. The maximum atomic E-state index is 12.2. The van der Waals surface area contributed by atoms with Crippen molar-refractivity contribution < 1.29 is 17.9 Å². The molecular weight excluding hydrogens is 345 g/mol. The monoisotopic (exact) mass is 362 g/mol. The Balaban J connectivity index is 1.69. The van der Waals surface area contributed by atoms with Crippen molar-refractivity contribution in [2.45, 2.75) is 25.6 Å². The minimum absolute atomic E-state index is 0.0766. The molecule has 0 saturated heterocycles. The first-order chi connectivity index (χ1) is 12.3. The van der Waals surface area contributed by atoms with E-state index in [1.54, 1.807) is 0 Å². The second-order valence-corrected chi connectivity index (χ2v) is 5.94. The van der Waals surface area contributed by atoms with Crippen molar-refractivity contribution in [2.24, 2.45) is 0 Å². The molecule has 2 aromatic carbocycles. The summed E-state index contributed by atoms with van der Waals surface area (Å²) < 4.78 is 42.0. The highest BCUT2D eigenvalue weighted by atomic mass is 19.4. The van der Waals surface area contributed by atoms with E-state index in [0.717, 1.165) is 12.0 Å². The average Bonchev–Trinajstić information content (AvgIpc) is 3.06. The SMILES string of the molecule is CC(Cc1ccc(N)cc1)c1ncn(-c2ccc(OC(F)(F)F)cc2)n1. The van der Waals surface area contributed by atoms with Gasteiger partial charge in [0.1, 0.15) is 12.1 Å². The number of benzene rings is 2. The highest BCUT2D eigenvalue weighted by Crippen LogP contribution is 2.24. The van der Waals surface area contributed by atoms with Crippen molar-refractivity contribution >= 4 is 5.69 Å². The maximum absolute atomic E-state index is 12.2. The molecule has 5 nitrogen and oxygen atoms in total. The zero-order valence-electron chi connectivity index (χ0n) is 13.9. The fraction of sp³-hybridized carbons (Fsp3) is 0.222. The van der Waals surface area contributed by atoms with Gasteiger partial charge >= 0.3 is 6.36 Å². The van der Waals surface area contributed by atoms with E-state index >= 15 is 0 Å². The molecule has 0 aliphatic carbocycles. The van der Waals surface area contributed by atoms with Gasteiger partial charge in [-0.15, -0.1) is 13.2 Å². The lowest BCUT2D eigenvalue weighted by atomic mass is 10.0. The number of nitrogens with zero attached hydrogens (tertiary/aromatic N) is 3. The van der Waals surface area contributed by atoms with Gasteiger partial charge in [-0.25, -0.2) is 9.67 Å². The van der Waals surface area contributed by atoms with Crippen molar-refractivity contribution in [3.05, 3.63) is 66.2 Å². The number of hydrogen-bond donors (Lipinski definition) is 1. The summed E-state index contributed by atoms with van der Waals surface area (Å²) in [5.74, 6) is 0.448. The number of alkyl halides is 3. The van der Waals surface area contributed by atoms with Gasteiger partial charge in [0, 0.05) is 11.6 Å². The molecule has 3 rings (SSSR count). The smallest absolute Gasteiger partial charge is 0.406 e. The summed E-state index contributed by atoms with van der Waals surface area (Å²) in [4.78, 5) is 4.30. The van der Waals surface area contributed by atoms with Crippen LogP contribution in [0.3, 0.4) is 0 Å². The van der Waals surface area contributed by atoms with Gasteiger partial charge in [0.15, 0.2) is 5.82 Å². The number of aromatic nitrogens is 3. The quantitative estimate of drug-likeness (QED) is 0.694. The molecule has 0 amide bonds. The Kier molecular flexibility index (Phi) is 4.83. The number of nitrogen functional groups attached to an aromatic ring is 1. The van der Waals surface area contributed by atoms with Crippen LogP contribution in [0.5, 0.6) is 5.75 Å². The van der Waals surface area contributed by atoms with Crippen LogP contribution in [-0.4, -0.2) is 21.1 Å². The van der Waals surface area contributed by atoms with Crippen LogP contribution in [-0.2, 0) is 6.42 Å². The van der Waals surface area contributed by atoms with Crippen LogP contribution in [0, 0.1) is 0 Å². The van der Waals surface area contributed by atoms with Crippen molar-refractivity contribution in [3.63, 3.8) is 0 Å². The standard InChI is InChI=1S/C18H17F3N4O/c1-12(10-13-2-4-14(22)5-3-13)17-23-11-25(24-17)15-6-8-16(9-7-15)26-18(19,20)21/h2-9,11-12H,10,22H2,1H3. The van der Waals surface area contributed by atoms with Crippen LogP contribution in [0.15, 0.2) is 54.9 Å². The van der Waals surface area contributed by atoms with Gasteiger partial charge in [-0.3, -0.25) is 0 Å². The van der Waals surface area contributed by atoms with E-state index in [4.69, 9.17) is 5.73 Å². The summed E-state index contributed by atoms with van der Waals surface area (Å²) >= 11 is 0. The van der Waals surface area contributed by atoms with Gasteiger partial charge < -0.3 is 10.5 Å². The van der Waals surface area contributed by atoms with Gasteiger partial charge in [-0.1, -0.05) is 19.1 Å². The molecule has 1 aromatic heterocycles. The van der Waals surface area contributed by atoms with Crippen LogP contribution >= 0.6 is 0 Å². The van der Waals surface area contributed by atoms with Crippen molar-refractivity contribution in [1.29, 1.82) is 0 Å².